The molecule has 7 heteroatoms. The first-order valence-electron chi connectivity index (χ1n) is 4.10. The van der Waals surface area contributed by atoms with Gasteiger partial charge < -0.3 is 9.84 Å². The Hall–Kier alpha value is -1.55. The molecule has 0 aliphatic heterocycles. The van der Waals surface area contributed by atoms with Gasteiger partial charge in [0, 0.05) is 19.2 Å². The van der Waals surface area contributed by atoms with Crippen molar-refractivity contribution in [3.63, 3.8) is 0 Å². The summed E-state index contributed by atoms with van der Waals surface area (Å²) in [4.78, 5) is 0. The monoisotopic (exact) mass is 219 g/mol. The molecule has 0 aliphatic carbocycles. The van der Waals surface area contributed by atoms with Crippen LogP contribution in [-0.2, 0) is 6.54 Å². The second kappa shape index (κ2) is 4.79. The van der Waals surface area contributed by atoms with E-state index in [9.17, 15) is 13.2 Å². The summed E-state index contributed by atoms with van der Waals surface area (Å²) in [5, 5.41) is 14.3. The van der Waals surface area contributed by atoms with Crippen molar-refractivity contribution in [2.24, 2.45) is 5.92 Å². The molecule has 82 valence electrons. The third-order valence-electron chi connectivity index (χ3n) is 1.70. The van der Waals surface area contributed by atoms with Crippen LogP contribution in [-0.4, -0.2) is 17.9 Å². The standard InChI is InChI=1S/C8H8F3N3O/c9-8(10,11)6(3-12)4-13-5-7-1-2-15-14-7/h1-2,6,13H,4-5H2. The molecule has 0 saturated carbocycles. The Morgan fingerprint density at radius 3 is 2.80 bits per heavy atom. The lowest BCUT2D eigenvalue weighted by Crippen LogP contribution is -2.32. The number of nitriles is 1. The van der Waals surface area contributed by atoms with E-state index < -0.39 is 18.6 Å². The fraction of sp³-hybridized carbons (Fsp3) is 0.500. The summed E-state index contributed by atoms with van der Waals surface area (Å²) < 4.78 is 40.8. The SMILES string of the molecule is N#CC(CNCc1ccon1)C(F)(F)F. The summed E-state index contributed by atoms with van der Waals surface area (Å²) in [5.74, 6) is -2.00. The summed E-state index contributed by atoms with van der Waals surface area (Å²) in [7, 11) is 0. The molecule has 0 aromatic carbocycles. The largest absolute Gasteiger partial charge is 0.405 e. The molecule has 0 radical (unpaired) electrons. The molecule has 0 aliphatic rings. The number of hydrogen-bond donors (Lipinski definition) is 1. The van der Waals surface area contributed by atoms with Gasteiger partial charge in [0.1, 0.15) is 6.26 Å². The topological polar surface area (TPSA) is 61.9 Å². The van der Waals surface area contributed by atoms with Crippen LogP contribution in [0, 0.1) is 17.2 Å². The van der Waals surface area contributed by atoms with Gasteiger partial charge in [0.25, 0.3) is 0 Å². The van der Waals surface area contributed by atoms with Crippen LogP contribution in [0.2, 0.25) is 0 Å². The molecule has 1 unspecified atom stereocenters. The minimum Gasteiger partial charge on any atom is -0.364 e. The van der Waals surface area contributed by atoms with Crippen molar-refractivity contribution in [2.45, 2.75) is 12.7 Å². The van der Waals surface area contributed by atoms with E-state index >= 15 is 0 Å². The van der Waals surface area contributed by atoms with Gasteiger partial charge in [-0.1, -0.05) is 5.16 Å². The summed E-state index contributed by atoms with van der Waals surface area (Å²) in [6.45, 7) is -0.308. The molecule has 0 fully saturated rings. The molecule has 0 amide bonds. The molecular weight excluding hydrogens is 211 g/mol. The van der Waals surface area contributed by atoms with Crippen molar-refractivity contribution < 1.29 is 17.7 Å². The van der Waals surface area contributed by atoms with Gasteiger partial charge in [0.05, 0.1) is 11.8 Å². The Morgan fingerprint density at radius 2 is 2.33 bits per heavy atom. The molecule has 0 spiro atoms. The minimum atomic E-state index is -4.49. The summed E-state index contributed by atoms with van der Waals surface area (Å²) >= 11 is 0. The zero-order valence-electron chi connectivity index (χ0n) is 7.58. The molecule has 1 aromatic rings. The normalized spacial score (nSPS) is 13.5. The molecule has 4 nitrogen and oxygen atoms in total. The first-order valence-corrected chi connectivity index (χ1v) is 4.10. The van der Waals surface area contributed by atoms with Crippen LogP contribution < -0.4 is 5.32 Å². The number of alkyl halides is 3. The fourth-order valence-corrected chi connectivity index (χ4v) is 0.908. The van der Waals surface area contributed by atoms with Gasteiger partial charge in [-0.25, -0.2) is 0 Å². The van der Waals surface area contributed by atoms with Gasteiger partial charge in [0.2, 0.25) is 0 Å². The Bertz CT molecular complexity index is 328. The fourth-order valence-electron chi connectivity index (χ4n) is 0.908. The van der Waals surface area contributed by atoms with Crippen LogP contribution in [0.4, 0.5) is 13.2 Å². The predicted octanol–water partition coefficient (Wildman–Crippen LogP) is 1.47. The Labute approximate surface area is 83.7 Å². The zero-order chi connectivity index (χ0) is 11.3. The van der Waals surface area contributed by atoms with Gasteiger partial charge in [-0.2, -0.15) is 18.4 Å². The highest BCUT2D eigenvalue weighted by molar-refractivity contribution is 4.95. The van der Waals surface area contributed by atoms with Gasteiger partial charge in [-0.05, 0) is 0 Å². The quantitative estimate of drug-likeness (QED) is 0.832. The van der Waals surface area contributed by atoms with E-state index in [2.05, 4.69) is 15.0 Å². The summed E-state index contributed by atoms with van der Waals surface area (Å²) in [6, 6.07) is 2.72. The van der Waals surface area contributed by atoms with Crippen molar-refractivity contribution >= 4 is 0 Å². The number of aromatic nitrogens is 1. The maximum atomic E-state index is 12.1. The Kier molecular flexibility index (Phi) is 3.68. The molecule has 1 N–H and O–H groups in total. The molecule has 0 bridgehead atoms. The highest BCUT2D eigenvalue weighted by Gasteiger charge is 2.39. The summed E-state index contributed by atoms with van der Waals surface area (Å²) in [6.07, 6.45) is -3.17. The third kappa shape index (κ3) is 3.59. The van der Waals surface area contributed by atoms with Crippen LogP contribution in [0.5, 0.6) is 0 Å². The van der Waals surface area contributed by atoms with Crippen LogP contribution >= 0.6 is 0 Å². The van der Waals surface area contributed by atoms with E-state index in [0.717, 1.165) is 0 Å². The third-order valence-corrected chi connectivity index (χ3v) is 1.70. The van der Waals surface area contributed by atoms with E-state index in [1.165, 1.54) is 18.4 Å². The lowest BCUT2D eigenvalue weighted by atomic mass is 10.1. The average Bonchev–Trinajstić information content (AvgIpc) is 2.62. The zero-order valence-corrected chi connectivity index (χ0v) is 7.58. The van der Waals surface area contributed by atoms with Gasteiger partial charge in [-0.15, -0.1) is 0 Å². The number of nitrogens with zero attached hydrogens (tertiary/aromatic N) is 2. The first-order chi connectivity index (χ1) is 7.04. The molecule has 1 aromatic heterocycles. The van der Waals surface area contributed by atoms with E-state index in [-0.39, 0.29) is 6.54 Å². The van der Waals surface area contributed by atoms with E-state index in [1.54, 1.807) is 0 Å². The Balaban J connectivity index is 2.34. The van der Waals surface area contributed by atoms with Crippen molar-refractivity contribution in [1.29, 1.82) is 5.26 Å². The molecule has 1 heterocycles. The van der Waals surface area contributed by atoms with Crippen LogP contribution in [0.15, 0.2) is 16.9 Å². The highest BCUT2D eigenvalue weighted by atomic mass is 19.4. The molecule has 15 heavy (non-hydrogen) atoms. The lowest BCUT2D eigenvalue weighted by Gasteiger charge is -2.12. The lowest BCUT2D eigenvalue weighted by molar-refractivity contribution is -0.157. The average molecular weight is 219 g/mol. The number of rotatable bonds is 4. The highest BCUT2D eigenvalue weighted by Crippen LogP contribution is 2.24. The second-order valence-corrected chi connectivity index (χ2v) is 2.84. The predicted molar refractivity (Wildman–Crippen MR) is 43.4 cm³/mol. The summed E-state index contributed by atoms with van der Waals surface area (Å²) in [5.41, 5.74) is 0.494. The number of nitrogens with one attached hydrogen (secondary N) is 1. The molecular formula is C8H8F3N3O. The smallest absolute Gasteiger partial charge is 0.364 e. The Morgan fingerprint density at radius 1 is 1.60 bits per heavy atom. The van der Waals surface area contributed by atoms with Crippen LogP contribution in [0.1, 0.15) is 5.69 Å². The van der Waals surface area contributed by atoms with E-state index in [0.29, 0.717) is 5.69 Å². The molecule has 0 saturated heterocycles. The minimum absolute atomic E-state index is 0.144. The maximum Gasteiger partial charge on any atom is 0.405 e. The van der Waals surface area contributed by atoms with Gasteiger partial charge in [-0.3, -0.25) is 0 Å². The van der Waals surface area contributed by atoms with Crippen molar-refractivity contribution in [3.8, 4) is 6.07 Å². The molecule has 1 rings (SSSR count). The van der Waals surface area contributed by atoms with Gasteiger partial charge >= 0.3 is 6.18 Å². The van der Waals surface area contributed by atoms with E-state index in [1.807, 2.05) is 0 Å². The van der Waals surface area contributed by atoms with Crippen LogP contribution in [0.25, 0.3) is 0 Å². The second-order valence-electron chi connectivity index (χ2n) is 2.84. The maximum absolute atomic E-state index is 12.1. The first kappa shape index (κ1) is 11.5. The van der Waals surface area contributed by atoms with E-state index in [4.69, 9.17) is 5.26 Å². The van der Waals surface area contributed by atoms with Crippen LogP contribution in [0.3, 0.4) is 0 Å². The molecule has 1 atom stereocenters. The van der Waals surface area contributed by atoms with Crippen molar-refractivity contribution in [1.82, 2.24) is 10.5 Å². The van der Waals surface area contributed by atoms with Gasteiger partial charge in [0.15, 0.2) is 5.92 Å². The number of halogens is 3. The van der Waals surface area contributed by atoms with Crippen molar-refractivity contribution in [3.05, 3.63) is 18.0 Å². The van der Waals surface area contributed by atoms with Crippen molar-refractivity contribution in [2.75, 3.05) is 6.54 Å². The number of hydrogen-bond acceptors (Lipinski definition) is 4.